The summed E-state index contributed by atoms with van der Waals surface area (Å²) >= 11 is 0. The first kappa shape index (κ1) is 14.6. The summed E-state index contributed by atoms with van der Waals surface area (Å²) < 4.78 is 10.7. The van der Waals surface area contributed by atoms with Crippen LogP contribution in [0, 0.1) is 18.3 Å². The Hall–Kier alpha value is -2.81. The van der Waals surface area contributed by atoms with E-state index in [0.717, 1.165) is 17.7 Å². The molecule has 0 spiro atoms. The second-order valence-electron chi connectivity index (χ2n) is 4.31. The van der Waals surface area contributed by atoms with Crippen LogP contribution in [-0.4, -0.2) is 17.8 Å². The Labute approximate surface area is 123 Å². The third-order valence-electron chi connectivity index (χ3n) is 2.57. The van der Waals surface area contributed by atoms with Crippen LogP contribution >= 0.6 is 0 Å². The highest BCUT2D eigenvalue weighted by molar-refractivity contribution is 5.80. The summed E-state index contributed by atoms with van der Waals surface area (Å²) in [6, 6.07) is 9.50. The molecule has 108 valence electrons. The molecule has 0 atom stereocenters. The van der Waals surface area contributed by atoms with E-state index in [1.54, 1.807) is 13.1 Å². The topological polar surface area (TPSA) is 83.4 Å². The molecule has 2 aromatic rings. The van der Waals surface area contributed by atoms with Gasteiger partial charge in [0.25, 0.3) is 5.88 Å². The third kappa shape index (κ3) is 4.08. The quantitative estimate of drug-likeness (QED) is 0.651. The highest BCUT2D eigenvalue weighted by Gasteiger charge is 2.08. The lowest BCUT2D eigenvalue weighted by Crippen LogP contribution is -1.95. The molecule has 0 aliphatic carbocycles. The predicted octanol–water partition coefficient (Wildman–Crippen LogP) is 3.09. The largest absolute Gasteiger partial charge is 0.494 e. The van der Waals surface area contributed by atoms with Crippen molar-refractivity contribution in [2.75, 3.05) is 12.0 Å². The molecule has 1 heterocycles. The number of oxazole rings is 1. The zero-order valence-corrected chi connectivity index (χ0v) is 12.0. The molecule has 2 rings (SSSR count). The van der Waals surface area contributed by atoms with E-state index in [2.05, 4.69) is 22.4 Å². The van der Waals surface area contributed by atoms with Crippen molar-refractivity contribution in [1.29, 1.82) is 5.26 Å². The lowest BCUT2D eigenvalue weighted by Gasteiger charge is -2.03. The Morgan fingerprint density at radius 3 is 2.86 bits per heavy atom. The minimum Gasteiger partial charge on any atom is -0.494 e. The van der Waals surface area contributed by atoms with Gasteiger partial charge in [0.15, 0.2) is 5.89 Å². The average molecular weight is 284 g/mol. The lowest BCUT2D eigenvalue weighted by molar-refractivity contribution is 0.317. The second-order valence-corrected chi connectivity index (χ2v) is 4.31. The molecule has 0 unspecified atom stereocenters. The number of nitrogens with one attached hydrogen (secondary N) is 1. The van der Waals surface area contributed by atoms with Crippen molar-refractivity contribution in [3.05, 3.63) is 41.4 Å². The Kier molecular flexibility index (Phi) is 4.94. The summed E-state index contributed by atoms with van der Waals surface area (Å²) in [6.07, 6.45) is 2.60. The third-order valence-corrected chi connectivity index (χ3v) is 2.57. The van der Waals surface area contributed by atoms with Crippen LogP contribution in [0.25, 0.3) is 0 Å². The Bertz CT molecular complexity index is 653. The van der Waals surface area contributed by atoms with E-state index in [1.165, 1.54) is 0 Å². The average Bonchev–Trinajstić information content (AvgIpc) is 2.86. The fraction of sp³-hybridized carbons (Fsp3) is 0.267. The van der Waals surface area contributed by atoms with Gasteiger partial charge >= 0.3 is 0 Å². The molecule has 0 aliphatic heterocycles. The summed E-state index contributed by atoms with van der Waals surface area (Å²) in [5, 5.41) is 12.9. The summed E-state index contributed by atoms with van der Waals surface area (Å²) in [6.45, 7) is 4.44. The van der Waals surface area contributed by atoms with Gasteiger partial charge in [-0.05, 0) is 36.2 Å². The molecule has 0 saturated heterocycles. The van der Waals surface area contributed by atoms with Crippen LogP contribution in [0.4, 0.5) is 5.88 Å². The number of hydrogen-bond donors (Lipinski definition) is 1. The van der Waals surface area contributed by atoms with E-state index < -0.39 is 0 Å². The number of hydrogen-bond acceptors (Lipinski definition) is 6. The molecule has 21 heavy (non-hydrogen) atoms. The van der Waals surface area contributed by atoms with Crippen LogP contribution in [-0.2, 0) is 0 Å². The van der Waals surface area contributed by atoms with Gasteiger partial charge in [0.2, 0.25) is 5.69 Å². The van der Waals surface area contributed by atoms with Crippen LogP contribution in [0.1, 0.15) is 30.5 Å². The SMILES string of the molecule is CCCOc1ccc(/C=N/Nc2oc(C)nc2C#N)cc1. The van der Waals surface area contributed by atoms with Gasteiger partial charge < -0.3 is 9.15 Å². The van der Waals surface area contributed by atoms with Crippen LogP contribution in [0.5, 0.6) is 5.75 Å². The molecule has 6 nitrogen and oxygen atoms in total. The molecule has 0 bridgehead atoms. The number of aryl methyl sites for hydroxylation is 1. The van der Waals surface area contributed by atoms with E-state index in [0.29, 0.717) is 12.5 Å². The van der Waals surface area contributed by atoms with Crippen LogP contribution in [0.2, 0.25) is 0 Å². The van der Waals surface area contributed by atoms with E-state index in [1.807, 2.05) is 30.3 Å². The van der Waals surface area contributed by atoms with Gasteiger partial charge in [-0.15, -0.1) is 0 Å². The maximum absolute atomic E-state index is 8.87. The second kappa shape index (κ2) is 7.10. The molecule has 1 aromatic carbocycles. The van der Waals surface area contributed by atoms with Crippen molar-refractivity contribution in [3.63, 3.8) is 0 Å². The minimum atomic E-state index is 0.188. The number of hydrazone groups is 1. The highest BCUT2D eigenvalue weighted by atomic mass is 16.5. The molecule has 6 heteroatoms. The number of ether oxygens (including phenoxy) is 1. The van der Waals surface area contributed by atoms with Gasteiger partial charge in [-0.2, -0.15) is 10.4 Å². The summed E-state index contributed by atoms with van der Waals surface area (Å²) in [4.78, 5) is 3.91. The Balaban J connectivity index is 1.96. The molecular formula is C15H16N4O2. The van der Waals surface area contributed by atoms with Gasteiger partial charge in [0, 0.05) is 6.92 Å². The maximum Gasteiger partial charge on any atom is 0.252 e. The van der Waals surface area contributed by atoms with Crippen LogP contribution < -0.4 is 10.2 Å². The zero-order valence-electron chi connectivity index (χ0n) is 12.0. The summed E-state index contributed by atoms with van der Waals surface area (Å²) in [5.41, 5.74) is 3.76. The standard InChI is InChI=1S/C15H16N4O2/c1-3-8-20-13-6-4-12(5-7-13)10-17-19-15-14(9-16)18-11(2)21-15/h4-7,10,19H,3,8H2,1-2H3/b17-10+. The smallest absolute Gasteiger partial charge is 0.252 e. The molecule has 0 aliphatic rings. The monoisotopic (exact) mass is 284 g/mol. The molecule has 1 aromatic heterocycles. The molecular weight excluding hydrogens is 268 g/mol. The number of rotatable bonds is 6. The van der Waals surface area contributed by atoms with Crippen molar-refractivity contribution in [1.82, 2.24) is 4.98 Å². The maximum atomic E-state index is 8.87. The van der Waals surface area contributed by atoms with Crippen molar-refractivity contribution >= 4 is 12.1 Å². The van der Waals surface area contributed by atoms with Gasteiger partial charge in [0.05, 0.1) is 12.8 Å². The van der Waals surface area contributed by atoms with Gasteiger partial charge in [0.1, 0.15) is 11.8 Å². The van der Waals surface area contributed by atoms with E-state index >= 15 is 0 Å². The van der Waals surface area contributed by atoms with E-state index in [9.17, 15) is 0 Å². The fourth-order valence-electron chi connectivity index (χ4n) is 1.61. The molecule has 1 N–H and O–H groups in total. The van der Waals surface area contributed by atoms with E-state index in [4.69, 9.17) is 14.4 Å². The molecule has 0 amide bonds. The zero-order chi connectivity index (χ0) is 15.1. The number of aromatic nitrogens is 1. The van der Waals surface area contributed by atoms with Gasteiger partial charge in [-0.25, -0.2) is 10.4 Å². The number of anilines is 1. The summed E-state index contributed by atoms with van der Waals surface area (Å²) in [5.74, 6) is 1.50. The molecule has 0 fully saturated rings. The van der Waals surface area contributed by atoms with Crippen molar-refractivity contribution in [3.8, 4) is 11.8 Å². The lowest BCUT2D eigenvalue weighted by atomic mass is 10.2. The van der Waals surface area contributed by atoms with Crippen LogP contribution in [0.15, 0.2) is 33.8 Å². The molecule has 0 radical (unpaired) electrons. The Morgan fingerprint density at radius 1 is 1.43 bits per heavy atom. The molecule has 0 saturated carbocycles. The van der Waals surface area contributed by atoms with Crippen molar-refractivity contribution in [2.24, 2.45) is 5.10 Å². The highest BCUT2D eigenvalue weighted by Crippen LogP contribution is 2.15. The normalized spacial score (nSPS) is 10.5. The minimum absolute atomic E-state index is 0.188. The van der Waals surface area contributed by atoms with Crippen LogP contribution in [0.3, 0.4) is 0 Å². The first-order valence-electron chi connectivity index (χ1n) is 6.62. The Morgan fingerprint density at radius 2 is 2.19 bits per heavy atom. The fourth-order valence-corrected chi connectivity index (χ4v) is 1.61. The van der Waals surface area contributed by atoms with Gasteiger partial charge in [-0.3, -0.25) is 0 Å². The van der Waals surface area contributed by atoms with Crippen molar-refractivity contribution < 1.29 is 9.15 Å². The van der Waals surface area contributed by atoms with E-state index in [-0.39, 0.29) is 11.6 Å². The van der Waals surface area contributed by atoms with Gasteiger partial charge in [-0.1, -0.05) is 6.92 Å². The first-order valence-corrected chi connectivity index (χ1v) is 6.62. The number of benzene rings is 1. The number of nitriles is 1. The summed E-state index contributed by atoms with van der Waals surface area (Å²) in [7, 11) is 0. The number of nitrogens with zero attached hydrogens (tertiary/aromatic N) is 3. The predicted molar refractivity (Wildman–Crippen MR) is 79.4 cm³/mol. The first-order chi connectivity index (χ1) is 10.2. The van der Waals surface area contributed by atoms with Crippen molar-refractivity contribution in [2.45, 2.75) is 20.3 Å².